The molecular formula is C5H5AgNO. The Balaban J connectivity index is 0.000000490. The average Bonchev–Trinajstić information content (AvgIpc) is 1.69. The fourth-order valence-electron chi connectivity index (χ4n) is 0.354. The van der Waals surface area contributed by atoms with Crippen LogP contribution in [0.5, 0.6) is 5.75 Å². The molecule has 0 atom stereocenters. The second-order valence-corrected chi connectivity index (χ2v) is 1.21. The summed E-state index contributed by atoms with van der Waals surface area (Å²) in [7, 11) is 0. The van der Waals surface area contributed by atoms with Crippen molar-refractivity contribution in [2.24, 2.45) is 0 Å². The number of hydrogen-bond donors (Lipinski definition) is 1. The number of hydrogen-bond acceptors (Lipinski definition) is 2. The Morgan fingerprint density at radius 3 is 2.50 bits per heavy atom. The van der Waals surface area contributed by atoms with Gasteiger partial charge in [0, 0.05) is 28.6 Å². The van der Waals surface area contributed by atoms with Crippen molar-refractivity contribution in [2.75, 3.05) is 0 Å². The van der Waals surface area contributed by atoms with Gasteiger partial charge in [-0.2, -0.15) is 0 Å². The van der Waals surface area contributed by atoms with Crippen molar-refractivity contribution in [1.29, 1.82) is 0 Å². The van der Waals surface area contributed by atoms with Gasteiger partial charge >= 0.3 is 0 Å². The van der Waals surface area contributed by atoms with Crippen LogP contribution in [0.4, 0.5) is 0 Å². The average molecular weight is 203 g/mol. The van der Waals surface area contributed by atoms with E-state index in [2.05, 4.69) is 4.98 Å². The predicted octanol–water partition coefficient (Wildman–Crippen LogP) is 0.785. The van der Waals surface area contributed by atoms with E-state index in [1.165, 1.54) is 6.20 Å². The van der Waals surface area contributed by atoms with Gasteiger partial charge < -0.3 is 5.11 Å². The minimum atomic E-state index is 0. The molecule has 0 unspecified atom stereocenters. The number of nitrogens with zero attached hydrogens (tertiary/aromatic N) is 1. The minimum Gasteiger partial charge on any atom is -0.506 e. The van der Waals surface area contributed by atoms with Crippen LogP contribution in [0.2, 0.25) is 0 Å². The molecule has 1 aromatic rings. The predicted molar refractivity (Wildman–Crippen MR) is 25.9 cm³/mol. The zero-order valence-corrected chi connectivity index (χ0v) is 5.49. The van der Waals surface area contributed by atoms with Crippen molar-refractivity contribution in [3.63, 3.8) is 0 Å². The first-order chi connectivity index (χ1) is 3.39. The maximum absolute atomic E-state index is 8.57. The molecule has 3 heteroatoms. The molecule has 0 amide bonds. The second kappa shape index (κ2) is 3.66. The van der Waals surface area contributed by atoms with Crippen LogP contribution in [0, 0.1) is 0 Å². The maximum Gasteiger partial charge on any atom is 0.133 e. The molecule has 1 aromatic heterocycles. The zero-order chi connectivity index (χ0) is 5.11. The molecule has 1 rings (SSSR count). The number of aromatic hydroxyl groups is 1. The Kier molecular flexibility index (Phi) is 3.52. The summed E-state index contributed by atoms with van der Waals surface area (Å²) in [6, 6.07) is 3.25. The Morgan fingerprint density at radius 2 is 2.25 bits per heavy atom. The van der Waals surface area contributed by atoms with Crippen molar-refractivity contribution in [3.05, 3.63) is 24.5 Å². The molecule has 0 fully saturated rings. The van der Waals surface area contributed by atoms with Crippen LogP contribution in [0.25, 0.3) is 0 Å². The van der Waals surface area contributed by atoms with Gasteiger partial charge in [0.2, 0.25) is 0 Å². The molecule has 1 heterocycles. The number of rotatable bonds is 0. The van der Waals surface area contributed by atoms with Crippen molar-refractivity contribution in [3.8, 4) is 5.75 Å². The molecule has 0 saturated carbocycles. The van der Waals surface area contributed by atoms with E-state index in [4.69, 9.17) is 5.11 Å². The first-order valence-electron chi connectivity index (χ1n) is 1.98. The molecule has 1 N–H and O–H groups in total. The maximum atomic E-state index is 8.57. The normalized spacial score (nSPS) is 7.50. The van der Waals surface area contributed by atoms with Gasteiger partial charge in [-0.15, -0.1) is 0 Å². The second-order valence-electron chi connectivity index (χ2n) is 1.21. The van der Waals surface area contributed by atoms with Gasteiger partial charge in [0.15, 0.2) is 0 Å². The van der Waals surface area contributed by atoms with Crippen LogP contribution in [-0.4, -0.2) is 10.1 Å². The first-order valence-corrected chi connectivity index (χ1v) is 1.98. The van der Waals surface area contributed by atoms with Crippen molar-refractivity contribution in [2.45, 2.75) is 0 Å². The molecule has 0 saturated heterocycles. The molecule has 0 aliphatic rings. The summed E-state index contributed by atoms with van der Waals surface area (Å²) in [5.74, 6) is 0.211. The summed E-state index contributed by atoms with van der Waals surface area (Å²) >= 11 is 0. The van der Waals surface area contributed by atoms with E-state index in [9.17, 15) is 0 Å². The van der Waals surface area contributed by atoms with Crippen molar-refractivity contribution < 1.29 is 27.5 Å². The van der Waals surface area contributed by atoms with Crippen LogP contribution >= 0.6 is 0 Å². The minimum absolute atomic E-state index is 0. The zero-order valence-electron chi connectivity index (χ0n) is 4.01. The summed E-state index contributed by atoms with van der Waals surface area (Å²) in [4.78, 5) is 3.63. The fraction of sp³-hybridized carbons (Fsp3) is 0. The van der Waals surface area contributed by atoms with Gasteiger partial charge in [-0.05, 0) is 12.1 Å². The topological polar surface area (TPSA) is 33.1 Å². The van der Waals surface area contributed by atoms with Gasteiger partial charge in [-0.1, -0.05) is 0 Å². The van der Waals surface area contributed by atoms with E-state index < -0.39 is 0 Å². The molecule has 0 aliphatic heterocycles. The number of aromatic nitrogens is 1. The Morgan fingerprint density at radius 1 is 1.50 bits per heavy atom. The van der Waals surface area contributed by atoms with Gasteiger partial charge in [0.05, 0.1) is 6.20 Å². The first kappa shape index (κ1) is 7.69. The molecule has 8 heavy (non-hydrogen) atoms. The van der Waals surface area contributed by atoms with E-state index in [0.29, 0.717) is 0 Å². The van der Waals surface area contributed by atoms with E-state index in [1.807, 2.05) is 0 Å². The largest absolute Gasteiger partial charge is 0.506 e. The summed E-state index contributed by atoms with van der Waals surface area (Å²) in [6.45, 7) is 0. The smallest absolute Gasteiger partial charge is 0.133 e. The van der Waals surface area contributed by atoms with Crippen molar-refractivity contribution >= 4 is 0 Å². The third-order valence-electron chi connectivity index (χ3n) is 0.646. The number of pyridine rings is 1. The van der Waals surface area contributed by atoms with Crippen LogP contribution in [-0.2, 0) is 22.4 Å². The van der Waals surface area contributed by atoms with E-state index in [-0.39, 0.29) is 28.1 Å². The monoisotopic (exact) mass is 202 g/mol. The van der Waals surface area contributed by atoms with Gasteiger partial charge in [-0.3, -0.25) is 4.98 Å². The Hall–Kier alpha value is -0.310. The van der Waals surface area contributed by atoms with Crippen LogP contribution in [0.15, 0.2) is 24.5 Å². The quantitative estimate of drug-likeness (QED) is 0.632. The summed E-state index contributed by atoms with van der Waals surface area (Å²) in [5, 5.41) is 8.57. The Labute approximate surface area is 63.1 Å². The molecule has 0 aromatic carbocycles. The SMILES string of the molecule is Oc1cccnc1.[Ag]. The Bertz CT molecular complexity index is 142. The third-order valence-corrected chi connectivity index (χ3v) is 0.646. The van der Waals surface area contributed by atoms with Crippen molar-refractivity contribution in [1.82, 2.24) is 4.98 Å². The summed E-state index contributed by atoms with van der Waals surface area (Å²) < 4.78 is 0. The molecule has 0 aliphatic carbocycles. The standard InChI is InChI=1S/C5H5NO.Ag/c7-5-2-1-3-6-4-5;/h1-4,7H;. The van der Waals surface area contributed by atoms with Crippen LogP contribution in [0.1, 0.15) is 0 Å². The molecule has 0 bridgehead atoms. The van der Waals surface area contributed by atoms with E-state index in [0.717, 1.165) is 0 Å². The van der Waals surface area contributed by atoms with Gasteiger partial charge in [-0.25, -0.2) is 0 Å². The van der Waals surface area contributed by atoms with Crippen LogP contribution < -0.4 is 0 Å². The molecule has 1 radical (unpaired) electrons. The van der Waals surface area contributed by atoms with Gasteiger partial charge in [0.25, 0.3) is 0 Å². The van der Waals surface area contributed by atoms with E-state index >= 15 is 0 Å². The molecule has 0 spiro atoms. The summed E-state index contributed by atoms with van der Waals surface area (Å²) in [5.41, 5.74) is 0. The molecular weight excluding hydrogens is 198 g/mol. The van der Waals surface area contributed by atoms with Crippen LogP contribution in [0.3, 0.4) is 0 Å². The van der Waals surface area contributed by atoms with Gasteiger partial charge in [0.1, 0.15) is 5.75 Å². The third kappa shape index (κ3) is 2.12. The molecule has 47 valence electrons. The fourth-order valence-corrected chi connectivity index (χ4v) is 0.354. The summed E-state index contributed by atoms with van der Waals surface area (Å²) in [6.07, 6.45) is 3.00. The van der Waals surface area contributed by atoms with E-state index in [1.54, 1.807) is 18.3 Å². The molecule has 2 nitrogen and oxygen atoms in total.